The third kappa shape index (κ3) is 4.09. The Morgan fingerprint density at radius 3 is 2.57 bits per heavy atom. The minimum Gasteiger partial charge on any atom is -0.493 e. The van der Waals surface area contributed by atoms with Gasteiger partial charge in [-0.2, -0.15) is 5.10 Å². The van der Waals surface area contributed by atoms with E-state index in [1.807, 2.05) is 49.4 Å². The molecule has 146 valence electrons. The average molecular weight is 381 g/mol. The summed E-state index contributed by atoms with van der Waals surface area (Å²) in [7, 11) is 2.92. The first-order valence-corrected chi connectivity index (χ1v) is 8.86. The number of carbonyl (C=O) groups is 1. The Labute approximate surface area is 163 Å². The summed E-state index contributed by atoms with van der Waals surface area (Å²) in [5.41, 5.74) is 5.35. The summed E-state index contributed by atoms with van der Waals surface area (Å²) >= 11 is 0. The van der Waals surface area contributed by atoms with Gasteiger partial charge in [0.05, 0.1) is 27.0 Å². The molecule has 0 atom stereocenters. The van der Waals surface area contributed by atoms with Crippen LogP contribution in [0.1, 0.15) is 11.3 Å². The largest absolute Gasteiger partial charge is 0.493 e. The fourth-order valence-corrected chi connectivity index (χ4v) is 3.09. The van der Waals surface area contributed by atoms with Gasteiger partial charge in [0, 0.05) is 22.2 Å². The first-order chi connectivity index (χ1) is 13.7. The molecule has 28 heavy (non-hydrogen) atoms. The Morgan fingerprint density at radius 1 is 1.11 bits per heavy atom. The molecule has 0 saturated heterocycles. The van der Waals surface area contributed by atoms with Crippen LogP contribution < -0.4 is 14.9 Å². The van der Waals surface area contributed by atoms with Crippen molar-refractivity contribution in [1.82, 2.24) is 9.99 Å². The maximum Gasteiger partial charge on any atom is 0.427 e. The summed E-state index contributed by atoms with van der Waals surface area (Å²) in [5, 5.41) is 5.03. The van der Waals surface area contributed by atoms with Crippen molar-refractivity contribution < 1.29 is 19.0 Å². The molecule has 3 rings (SSSR count). The molecule has 0 spiro atoms. The van der Waals surface area contributed by atoms with Crippen LogP contribution in [0.15, 0.2) is 53.6 Å². The summed E-state index contributed by atoms with van der Waals surface area (Å²) < 4.78 is 17.9. The van der Waals surface area contributed by atoms with Crippen LogP contribution in [0.4, 0.5) is 4.79 Å². The monoisotopic (exact) mass is 381 g/mol. The molecule has 7 nitrogen and oxygen atoms in total. The van der Waals surface area contributed by atoms with Gasteiger partial charge in [0.25, 0.3) is 0 Å². The van der Waals surface area contributed by atoms with E-state index in [0.29, 0.717) is 24.7 Å². The lowest BCUT2D eigenvalue weighted by molar-refractivity contribution is 0.171. The van der Waals surface area contributed by atoms with E-state index < -0.39 is 6.09 Å². The molecule has 1 amide bonds. The first-order valence-electron chi connectivity index (χ1n) is 8.86. The van der Waals surface area contributed by atoms with Crippen LogP contribution >= 0.6 is 0 Å². The number of amides is 1. The van der Waals surface area contributed by atoms with Crippen LogP contribution in [0.5, 0.6) is 11.5 Å². The lowest BCUT2D eigenvalue weighted by Gasteiger charge is -2.12. The van der Waals surface area contributed by atoms with Crippen molar-refractivity contribution in [3.8, 4) is 11.5 Å². The van der Waals surface area contributed by atoms with E-state index in [0.717, 1.165) is 22.2 Å². The molecule has 0 bridgehead atoms. The summed E-state index contributed by atoms with van der Waals surface area (Å²) in [5.74, 6) is 1.42. The molecule has 0 saturated carbocycles. The van der Waals surface area contributed by atoms with Gasteiger partial charge in [0.1, 0.15) is 6.61 Å². The van der Waals surface area contributed by atoms with Gasteiger partial charge in [-0.1, -0.05) is 30.3 Å². The number of rotatable bonds is 7. The number of hydrazone groups is 1. The second kappa shape index (κ2) is 8.94. The molecule has 0 aliphatic heterocycles. The van der Waals surface area contributed by atoms with Gasteiger partial charge in [0.15, 0.2) is 11.5 Å². The fourth-order valence-electron chi connectivity index (χ4n) is 3.09. The molecule has 0 aliphatic carbocycles. The number of para-hydroxylation sites is 3. The number of nitrogens with one attached hydrogen (secondary N) is 1. The van der Waals surface area contributed by atoms with Crippen LogP contribution in [0.25, 0.3) is 10.9 Å². The van der Waals surface area contributed by atoms with Gasteiger partial charge in [-0.05, 0) is 25.1 Å². The molecule has 1 N–H and O–H groups in total. The highest BCUT2D eigenvalue weighted by Gasteiger charge is 2.13. The number of hydrogen-bond donors (Lipinski definition) is 1. The van der Waals surface area contributed by atoms with Crippen LogP contribution in [0.2, 0.25) is 0 Å². The van der Waals surface area contributed by atoms with E-state index >= 15 is 0 Å². The fraction of sp³-hybridized carbons (Fsp3) is 0.238. The van der Waals surface area contributed by atoms with Gasteiger partial charge >= 0.3 is 6.09 Å². The highest BCUT2D eigenvalue weighted by atomic mass is 16.5. The van der Waals surface area contributed by atoms with Gasteiger partial charge in [-0.3, -0.25) is 0 Å². The standard InChI is InChI=1S/C21H23N3O4/c1-15-17(14-22-23-21(25)27-3)16-8-4-5-9-18(16)24(15)12-13-28-20-11-7-6-10-19(20)26-2/h4-11,14H,12-13H2,1-3H3,(H,23,25)/b22-14+. The molecule has 7 heteroatoms. The second-order valence-corrected chi connectivity index (χ2v) is 6.03. The maximum absolute atomic E-state index is 11.2. The van der Waals surface area contributed by atoms with Gasteiger partial charge in [0.2, 0.25) is 0 Å². The number of methoxy groups -OCH3 is 2. The first kappa shape index (κ1) is 19.3. The SMILES string of the molecule is COC(=O)N/N=C/c1c(C)n(CCOc2ccccc2OC)c2ccccc12. The molecule has 0 fully saturated rings. The van der Waals surface area contributed by atoms with Crippen molar-refractivity contribution in [3.05, 3.63) is 59.8 Å². The number of carbonyl (C=O) groups excluding carboxylic acids is 1. The Bertz CT molecular complexity index is 994. The molecule has 3 aromatic rings. The van der Waals surface area contributed by atoms with Gasteiger partial charge < -0.3 is 18.8 Å². The van der Waals surface area contributed by atoms with Crippen LogP contribution in [0, 0.1) is 6.92 Å². The second-order valence-electron chi connectivity index (χ2n) is 6.03. The van der Waals surface area contributed by atoms with Crippen LogP contribution in [0.3, 0.4) is 0 Å². The number of aromatic nitrogens is 1. The van der Waals surface area contributed by atoms with Gasteiger partial charge in [-0.25, -0.2) is 10.2 Å². The number of nitrogens with zero attached hydrogens (tertiary/aromatic N) is 2. The highest BCUT2D eigenvalue weighted by molar-refractivity contribution is 6.01. The topological polar surface area (TPSA) is 74.1 Å². The molecule has 0 unspecified atom stereocenters. The Hall–Kier alpha value is -3.48. The Morgan fingerprint density at radius 2 is 1.82 bits per heavy atom. The van der Waals surface area contributed by atoms with E-state index in [1.165, 1.54) is 7.11 Å². The van der Waals surface area contributed by atoms with E-state index in [2.05, 4.69) is 25.9 Å². The molecular weight excluding hydrogens is 358 g/mol. The molecule has 0 radical (unpaired) electrons. The molecule has 1 aromatic heterocycles. The van der Waals surface area contributed by atoms with E-state index in [4.69, 9.17) is 9.47 Å². The minimum atomic E-state index is -0.608. The number of benzene rings is 2. The average Bonchev–Trinajstić information content (AvgIpc) is 3.00. The van der Waals surface area contributed by atoms with Crippen LogP contribution in [-0.4, -0.2) is 37.7 Å². The summed E-state index contributed by atoms with van der Waals surface area (Å²) in [6, 6.07) is 15.6. The lowest BCUT2D eigenvalue weighted by Crippen LogP contribution is -2.16. The summed E-state index contributed by atoms with van der Waals surface area (Å²) in [6.07, 6.45) is 1.02. The number of ether oxygens (including phenoxy) is 3. The maximum atomic E-state index is 11.2. The van der Waals surface area contributed by atoms with E-state index in [1.54, 1.807) is 13.3 Å². The zero-order chi connectivity index (χ0) is 19.9. The van der Waals surface area contributed by atoms with Gasteiger partial charge in [-0.15, -0.1) is 0 Å². The van der Waals surface area contributed by atoms with Crippen molar-refractivity contribution in [2.45, 2.75) is 13.5 Å². The molecular formula is C21H23N3O4. The summed E-state index contributed by atoms with van der Waals surface area (Å²) in [6.45, 7) is 3.15. The van der Waals surface area contributed by atoms with Crippen molar-refractivity contribution in [2.24, 2.45) is 5.10 Å². The number of hydrogen-bond acceptors (Lipinski definition) is 5. The van der Waals surface area contributed by atoms with Crippen LogP contribution in [-0.2, 0) is 11.3 Å². The molecule has 2 aromatic carbocycles. The summed E-state index contributed by atoms with van der Waals surface area (Å²) in [4.78, 5) is 11.2. The Kier molecular flexibility index (Phi) is 6.16. The van der Waals surface area contributed by atoms with Crippen molar-refractivity contribution in [2.75, 3.05) is 20.8 Å². The predicted octanol–water partition coefficient (Wildman–Crippen LogP) is 3.73. The minimum absolute atomic E-state index is 0.483. The molecule has 0 aliphatic rings. The van der Waals surface area contributed by atoms with E-state index in [-0.39, 0.29) is 0 Å². The normalized spacial score (nSPS) is 11.0. The van der Waals surface area contributed by atoms with Crippen molar-refractivity contribution in [3.63, 3.8) is 0 Å². The zero-order valence-corrected chi connectivity index (χ0v) is 16.1. The third-order valence-corrected chi connectivity index (χ3v) is 4.46. The Balaban J connectivity index is 1.81. The van der Waals surface area contributed by atoms with Crippen molar-refractivity contribution >= 4 is 23.2 Å². The van der Waals surface area contributed by atoms with Crippen molar-refractivity contribution in [1.29, 1.82) is 0 Å². The zero-order valence-electron chi connectivity index (χ0n) is 16.1. The lowest BCUT2D eigenvalue weighted by atomic mass is 10.1. The molecule has 1 heterocycles. The number of fused-ring (bicyclic) bond motifs is 1. The highest BCUT2D eigenvalue weighted by Crippen LogP contribution is 2.27. The van der Waals surface area contributed by atoms with E-state index in [9.17, 15) is 4.79 Å². The predicted molar refractivity (Wildman–Crippen MR) is 108 cm³/mol. The smallest absolute Gasteiger partial charge is 0.427 e. The quantitative estimate of drug-likeness (QED) is 0.500. The third-order valence-electron chi connectivity index (χ3n) is 4.46.